The van der Waals surface area contributed by atoms with Crippen molar-refractivity contribution in [1.82, 2.24) is 0 Å². The zero-order valence-electron chi connectivity index (χ0n) is 2.21. The second kappa shape index (κ2) is 4.01. The molecule has 0 bridgehead atoms. The average molecular weight is 98.1 g/mol. The van der Waals surface area contributed by atoms with Gasteiger partial charge >= 0.3 is 6.68 Å². The van der Waals surface area contributed by atoms with Gasteiger partial charge in [-0.3, -0.25) is 0 Å². The third-order valence-electron chi connectivity index (χ3n) is 0. The minimum absolute atomic E-state index is 0. The van der Waals surface area contributed by atoms with Gasteiger partial charge in [-0.15, -0.1) is 0 Å². The second-order valence-electron chi connectivity index (χ2n) is 0.247. The molecule has 0 aliphatic carbocycles. The van der Waals surface area contributed by atoms with Crippen molar-refractivity contribution in [3.63, 3.8) is 0 Å². The third kappa shape index (κ3) is 341000. The summed E-state index contributed by atoms with van der Waals surface area (Å²) >= 11 is 0. The van der Waals surface area contributed by atoms with Gasteiger partial charge in [-0.2, -0.15) is 13.2 Å². The van der Waals surface area contributed by atoms with Gasteiger partial charge in [-0.1, -0.05) is 0 Å². The van der Waals surface area contributed by atoms with E-state index in [2.05, 4.69) is 0 Å². The second-order valence-corrected chi connectivity index (χ2v) is 0.247. The SMILES string of the molecule is FC(F)F.[Si]. The molecule has 0 rings (SSSR count). The van der Waals surface area contributed by atoms with E-state index in [4.69, 9.17) is 0 Å². The van der Waals surface area contributed by atoms with Gasteiger partial charge < -0.3 is 0 Å². The van der Waals surface area contributed by atoms with Crippen molar-refractivity contribution in [3.05, 3.63) is 0 Å². The van der Waals surface area contributed by atoms with E-state index in [0.717, 1.165) is 0 Å². The lowest BCUT2D eigenvalue weighted by Gasteiger charge is -1.65. The molecule has 5 heavy (non-hydrogen) atoms. The number of rotatable bonds is 0. The van der Waals surface area contributed by atoms with Crippen molar-refractivity contribution in [3.8, 4) is 0 Å². The molecule has 0 unspecified atom stereocenters. The molecule has 0 nitrogen and oxygen atoms in total. The predicted molar refractivity (Wildman–Crippen MR) is 12.9 cm³/mol. The molecule has 0 aliphatic rings. The highest BCUT2D eigenvalue weighted by molar-refractivity contribution is 5.75. The summed E-state index contributed by atoms with van der Waals surface area (Å²) in [4.78, 5) is 0. The summed E-state index contributed by atoms with van der Waals surface area (Å²) in [5, 5.41) is 0. The highest BCUT2D eigenvalue weighted by Gasteiger charge is 1.86. The number of halogens is 3. The fourth-order valence-corrected chi connectivity index (χ4v) is 0. The highest BCUT2D eigenvalue weighted by atomic mass is 28.1. The molecule has 0 aromatic carbocycles. The lowest BCUT2D eigenvalue weighted by atomic mass is 11.6. The molecule has 0 fully saturated rings. The Hall–Kier alpha value is 0.00688. The van der Waals surface area contributed by atoms with Crippen molar-refractivity contribution in [2.24, 2.45) is 0 Å². The molecule has 4 radical (unpaired) electrons. The largest absolute Gasteiger partial charge is 0.379 e. The highest BCUT2D eigenvalue weighted by Crippen LogP contribution is 1.87. The molecule has 0 aliphatic heterocycles. The number of alkyl halides is 3. The quantitative estimate of drug-likeness (QED) is 0.393. The molecular formula is CHF3Si. The molecule has 0 spiro atoms. The first kappa shape index (κ1) is 8.89. The molecule has 30 valence electrons. The van der Waals surface area contributed by atoms with E-state index < -0.39 is 6.68 Å². The summed E-state index contributed by atoms with van der Waals surface area (Å²) < 4.78 is 29.0. The Bertz CT molecular complexity index is 11.6. The van der Waals surface area contributed by atoms with Gasteiger partial charge in [0.2, 0.25) is 0 Å². The summed E-state index contributed by atoms with van der Waals surface area (Å²) in [5.74, 6) is 0. The summed E-state index contributed by atoms with van der Waals surface area (Å²) in [7, 11) is 0. The Morgan fingerprint density at radius 3 is 1.00 bits per heavy atom. The first-order valence-electron chi connectivity index (χ1n) is 0.655. The van der Waals surface area contributed by atoms with Crippen molar-refractivity contribution in [2.75, 3.05) is 0 Å². The molecule has 0 aromatic heterocycles. The standard InChI is InChI=1S/CHF3.Si/c2-1(3)4;/h1H;. The third-order valence-corrected chi connectivity index (χ3v) is 0. The van der Waals surface area contributed by atoms with E-state index in [-0.39, 0.29) is 11.0 Å². The van der Waals surface area contributed by atoms with Crippen LogP contribution in [0.1, 0.15) is 0 Å². The van der Waals surface area contributed by atoms with Crippen LogP contribution >= 0.6 is 0 Å². The van der Waals surface area contributed by atoms with Crippen molar-refractivity contribution in [2.45, 2.75) is 6.68 Å². The van der Waals surface area contributed by atoms with Gasteiger partial charge in [0.05, 0.1) is 0 Å². The van der Waals surface area contributed by atoms with Gasteiger partial charge in [0.25, 0.3) is 0 Å². The monoisotopic (exact) mass is 98.0 g/mol. The Labute approximate surface area is 32.0 Å². The summed E-state index contributed by atoms with van der Waals surface area (Å²) in [6.07, 6.45) is 0. The van der Waals surface area contributed by atoms with Gasteiger partial charge in [0.15, 0.2) is 0 Å². The zero-order chi connectivity index (χ0) is 3.58. The Morgan fingerprint density at radius 2 is 1.00 bits per heavy atom. The van der Waals surface area contributed by atoms with Crippen LogP contribution in [0.5, 0.6) is 0 Å². The van der Waals surface area contributed by atoms with Gasteiger partial charge in [0, 0.05) is 11.0 Å². The minimum Gasteiger partial charge on any atom is -0.174 e. The molecule has 0 saturated carbocycles. The van der Waals surface area contributed by atoms with Crippen LogP contribution in [0.4, 0.5) is 13.2 Å². The average Bonchev–Trinajstić information content (AvgIpc) is 0.811. The van der Waals surface area contributed by atoms with Crippen molar-refractivity contribution < 1.29 is 13.2 Å². The molecule has 0 amide bonds. The smallest absolute Gasteiger partial charge is 0.174 e. The van der Waals surface area contributed by atoms with E-state index in [9.17, 15) is 13.2 Å². The first-order valence-corrected chi connectivity index (χ1v) is 0.655. The van der Waals surface area contributed by atoms with Crippen LogP contribution < -0.4 is 0 Å². The maximum Gasteiger partial charge on any atom is 0.379 e. The molecule has 0 atom stereocenters. The van der Waals surface area contributed by atoms with E-state index in [1.54, 1.807) is 0 Å². The van der Waals surface area contributed by atoms with E-state index in [1.165, 1.54) is 0 Å². The lowest BCUT2D eigenvalue weighted by Crippen LogP contribution is -1.65. The molecule has 0 heterocycles. The molecule has 0 saturated heterocycles. The topological polar surface area (TPSA) is 0 Å². The van der Waals surface area contributed by atoms with Crippen LogP contribution in [0.2, 0.25) is 0 Å². The Morgan fingerprint density at radius 1 is 1.00 bits per heavy atom. The minimum atomic E-state index is -3.67. The Kier molecular flexibility index (Phi) is 7.12. The Balaban J connectivity index is 0. The van der Waals surface area contributed by atoms with Crippen LogP contribution in [0.25, 0.3) is 0 Å². The van der Waals surface area contributed by atoms with E-state index >= 15 is 0 Å². The van der Waals surface area contributed by atoms with Crippen molar-refractivity contribution in [1.29, 1.82) is 0 Å². The molecule has 4 heteroatoms. The van der Waals surface area contributed by atoms with Crippen LogP contribution in [-0.4, -0.2) is 17.6 Å². The van der Waals surface area contributed by atoms with E-state index in [0.29, 0.717) is 0 Å². The maximum atomic E-state index is 9.67. The van der Waals surface area contributed by atoms with Crippen LogP contribution in [-0.2, 0) is 0 Å². The number of hydrogen-bond donors (Lipinski definition) is 0. The van der Waals surface area contributed by atoms with Gasteiger partial charge in [-0.05, 0) is 0 Å². The molecular weight excluding hydrogens is 97.1 g/mol. The normalized spacial score (nSPS) is 7.20. The summed E-state index contributed by atoms with van der Waals surface area (Å²) in [6, 6.07) is 0. The summed E-state index contributed by atoms with van der Waals surface area (Å²) in [5.41, 5.74) is 0. The zero-order valence-corrected chi connectivity index (χ0v) is 3.21. The van der Waals surface area contributed by atoms with Crippen LogP contribution in [0.15, 0.2) is 0 Å². The molecule has 0 N–H and O–H groups in total. The van der Waals surface area contributed by atoms with Crippen LogP contribution in [0.3, 0.4) is 0 Å². The fourth-order valence-electron chi connectivity index (χ4n) is 0. The van der Waals surface area contributed by atoms with E-state index in [1.807, 2.05) is 0 Å². The maximum absolute atomic E-state index is 9.67. The van der Waals surface area contributed by atoms with Crippen molar-refractivity contribution >= 4 is 11.0 Å². The first-order chi connectivity index (χ1) is 1.73. The lowest BCUT2D eigenvalue weighted by molar-refractivity contribution is 0.00819. The van der Waals surface area contributed by atoms with Crippen LogP contribution in [0, 0.1) is 0 Å². The fraction of sp³-hybridized carbons (Fsp3) is 1.00. The summed E-state index contributed by atoms with van der Waals surface area (Å²) in [6.45, 7) is -3.67. The number of hydrogen-bond acceptors (Lipinski definition) is 0. The predicted octanol–water partition coefficient (Wildman–Crippen LogP) is 0.798. The van der Waals surface area contributed by atoms with Gasteiger partial charge in [0.1, 0.15) is 0 Å². The molecule has 0 aromatic rings. The van der Waals surface area contributed by atoms with Gasteiger partial charge in [-0.25, -0.2) is 0 Å².